The Bertz CT molecular complexity index is 694. The molecule has 130 valence electrons. The van der Waals surface area contributed by atoms with Crippen molar-refractivity contribution in [2.75, 3.05) is 25.7 Å². The Balaban J connectivity index is 2.47. The first kappa shape index (κ1) is 17.8. The molecule has 1 N–H and O–H groups in total. The van der Waals surface area contributed by atoms with Gasteiger partial charge < -0.3 is 19.6 Å². The maximum atomic E-state index is 14.3. The fourth-order valence-electron chi connectivity index (χ4n) is 2.09. The van der Waals surface area contributed by atoms with Gasteiger partial charge in [-0.1, -0.05) is 11.6 Å². The highest BCUT2D eigenvalue weighted by Gasteiger charge is 2.36. The van der Waals surface area contributed by atoms with Crippen LogP contribution in [-0.4, -0.2) is 59.8 Å². The van der Waals surface area contributed by atoms with Gasteiger partial charge in [0.05, 0.1) is 17.4 Å². The summed E-state index contributed by atoms with van der Waals surface area (Å²) in [4.78, 5) is 38.4. The average Bonchev–Trinajstić information content (AvgIpc) is 2.49. The van der Waals surface area contributed by atoms with E-state index < -0.39 is 30.0 Å². The third-order valence-corrected chi connectivity index (χ3v) is 3.65. The smallest absolute Gasteiger partial charge is 0.344 e. The highest BCUT2D eigenvalue weighted by atomic mass is 35.5. The highest BCUT2D eigenvalue weighted by molar-refractivity contribution is 6.32. The molecule has 0 aromatic heterocycles. The van der Waals surface area contributed by atoms with E-state index in [0.717, 1.165) is 12.1 Å². The normalized spacial score (nSPS) is 16.5. The summed E-state index contributed by atoms with van der Waals surface area (Å²) in [6.07, 6.45) is -1.25. The van der Waals surface area contributed by atoms with Crippen LogP contribution in [-0.2, 0) is 4.79 Å². The maximum Gasteiger partial charge on any atom is 0.344 e. The van der Waals surface area contributed by atoms with Crippen LogP contribution in [0.4, 0.5) is 19.7 Å². The van der Waals surface area contributed by atoms with E-state index in [-0.39, 0.29) is 23.1 Å². The van der Waals surface area contributed by atoms with Crippen molar-refractivity contribution < 1.29 is 28.6 Å². The molecule has 1 fully saturated rings. The van der Waals surface area contributed by atoms with Crippen LogP contribution in [0.5, 0.6) is 5.75 Å². The van der Waals surface area contributed by atoms with Crippen LogP contribution in [0.15, 0.2) is 12.1 Å². The van der Waals surface area contributed by atoms with Gasteiger partial charge in [-0.2, -0.15) is 0 Å². The Morgan fingerprint density at radius 1 is 1.29 bits per heavy atom. The molecule has 8 nitrogen and oxygen atoms in total. The molecule has 4 amide bonds. The molecule has 1 heterocycles. The van der Waals surface area contributed by atoms with Gasteiger partial charge in [-0.05, 0) is 13.0 Å². The number of amides is 4. The summed E-state index contributed by atoms with van der Waals surface area (Å²) in [5.41, 5.74) is -0.375. The largest absolute Gasteiger partial charge is 0.479 e. The van der Waals surface area contributed by atoms with Gasteiger partial charge in [0.2, 0.25) is 0 Å². The first-order valence-corrected chi connectivity index (χ1v) is 7.20. The molecule has 1 aliphatic heterocycles. The van der Waals surface area contributed by atoms with Gasteiger partial charge in [0, 0.05) is 20.2 Å². The van der Waals surface area contributed by atoms with Crippen LogP contribution in [0.3, 0.4) is 0 Å². The summed E-state index contributed by atoms with van der Waals surface area (Å²) in [5.74, 6) is -2.32. The van der Waals surface area contributed by atoms with Crippen molar-refractivity contribution in [2.24, 2.45) is 0 Å². The zero-order chi connectivity index (χ0) is 18.2. The number of anilines is 1. The molecular weight excluding hydrogens is 345 g/mol. The SMILES string of the molecule is CC(Oc1cc(N2C(=O)N(C)CN(C)C2=O)c(F)cc1Cl)C(=O)O. The van der Waals surface area contributed by atoms with Crippen molar-refractivity contribution in [3.05, 3.63) is 23.0 Å². The van der Waals surface area contributed by atoms with Crippen LogP contribution in [0, 0.1) is 5.82 Å². The number of carbonyl (C=O) groups excluding carboxylic acids is 2. The number of ether oxygens (including phenoxy) is 1. The van der Waals surface area contributed by atoms with Crippen molar-refractivity contribution in [3.8, 4) is 5.75 Å². The average molecular weight is 360 g/mol. The molecular formula is C14H15ClFN3O5. The van der Waals surface area contributed by atoms with Crippen molar-refractivity contribution >= 4 is 35.3 Å². The van der Waals surface area contributed by atoms with E-state index >= 15 is 0 Å². The van der Waals surface area contributed by atoms with Gasteiger partial charge in [-0.15, -0.1) is 0 Å². The number of hydrogen-bond acceptors (Lipinski definition) is 4. The number of aliphatic carboxylic acids is 1. The lowest BCUT2D eigenvalue weighted by molar-refractivity contribution is -0.144. The third kappa shape index (κ3) is 3.21. The predicted octanol–water partition coefficient (Wildman–Crippen LogP) is 2.21. The van der Waals surface area contributed by atoms with E-state index in [9.17, 15) is 18.8 Å². The van der Waals surface area contributed by atoms with E-state index in [1.54, 1.807) is 0 Å². The Kier molecular flexibility index (Phi) is 4.83. The van der Waals surface area contributed by atoms with E-state index in [1.807, 2.05) is 0 Å². The maximum absolute atomic E-state index is 14.3. The summed E-state index contributed by atoms with van der Waals surface area (Å²) in [6.45, 7) is 1.32. The first-order chi connectivity index (χ1) is 11.1. The fraction of sp³-hybridized carbons (Fsp3) is 0.357. The van der Waals surface area contributed by atoms with Gasteiger partial charge in [0.25, 0.3) is 0 Å². The lowest BCUT2D eigenvalue weighted by atomic mass is 10.2. The van der Waals surface area contributed by atoms with Crippen molar-refractivity contribution in [1.82, 2.24) is 9.80 Å². The Hall–Kier alpha value is -2.55. The number of carboxylic acids is 1. The summed E-state index contributed by atoms with van der Waals surface area (Å²) in [7, 11) is 2.91. The number of carbonyl (C=O) groups is 3. The quantitative estimate of drug-likeness (QED) is 0.890. The zero-order valence-electron chi connectivity index (χ0n) is 13.1. The molecule has 1 aliphatic rings. The van der Waals surface area contributed by atoms with Crippen LogP contribution >= 0.6 is 11.6 Å². The van der Waals surface area contributed by atoms with Gasteiger partial charge in [0.1, 0.15) is 11.6 Å². The molecule has 10 heteroatoms. The van der Waals surface area contributed by atoms with Crippen LogP contribution in [0.25, 0.3) is 0 Å². The molecule has 24 heavy (non-hydrogen) atoms. The van der Waals surface area contributed by atoms with Crippen molar-refractivity contribution in [2.45, 2.75) is 13.0 Å². The molecule has 0 saturated carbocycles. The Morgan fingerprint density at radius 2 is 1.83 bits per heavy atom. The number of imide groups is 1. The van der Waals surface area contributed by atoms with E-state index in [4.69, 9.17) is 21.4 Å². The Morgan fingerprint density at radius 3 is 2.33 bits per heavy atom. The number of halogens is 2. The molecule has 1 aromatic carbocycles. The second-order valence-electron chi connectivity index (χ2n) is 5.27. The number of urea groups is 2. The number of carboxylic acid groups (broad SMARTS) is 1. The molecule has 1 saturated heterocycles. The zero-order valence-corrected chi connectivity index (χ0v) is 13.9. The predicted molar refractivity (Wildman–Crippen MR) is 82.8 cm³/mol. The molecule has 0 aliphatic carbocycles. The van der Waals surface area contributed by atoms with Crippen molar-refractivity contribution in [1.29, 1.82) is 0 Å². The van der Waals surface area contributed by atoms with E-state index in [1.165, 1.54) is 30.8 Å². The molecule has 1 atom stereocenters. The second-order valence-corrected chi connectivity index (χ2v) is 5.68. The monoisotopic (exact) mass is 359 g/mol. The highest BCUT2D eigenvalue weighted by Crippen LogP contribution is 2.34. The topological polar surface area (TPSA) is 90.4 Å². The minimum absolute atomic E-state index is 0.0583. The second kappa shape index (κ2) is 6.52. The summed E-state index contributed by atoms with van der Waals surface area (Å²) in [6, 6.07) is 0.434. The third-order valence-electron chi connectivity index (χ3n) is 3.35. The van der Waals surface area contributed by atoms with Gasteiger partial charge >= 0.3 is 18.0 Å². The summed E-state index contributed by atoms with van der Waals surface area (Å²) >= 11 is 5.85. The lowest BCUT2D eigenvalue weighted by Gasteiger charge is -2.37. The minimum atomic E-state index is -1.25. The standard InChI is InChI=1S/C14H15ClFN3O5/c1-7(12(20)21)24-11-5-10(9(16)4-8(11)15)19-13(22)17(2)6-18(3)14(19)23/h4-5,7H,6H2,1-3H3,(H,20,21). The van der Waals surface area contributed by atoms with Crippen LogP contribution < -0.4 is 9.64 Å². The molecule has 0 radical (unpaired) electrons. The molecule has 0 spiro atoms. The van der Waals surface area contributed by atoms with Crippen LogP contribution in [0.2, 0.25) is 5.02 Å². The minimum Gasteiger partial charge on any atom is -0.479 e. The fourth-order valence-corrected chi connectivity index (χ4v) is 2.28. The summed E-state index contributed by atoms with van der Waals surface area (Å²) < 4.78 is 19.4. The van der Waals surface area contributed by atoms with E-state index in [0.29, 0.717) is 4.90 Å². The lowest BCUT2D eigenvalue weighted by Crippen LogP contribution is -2.59. The van der Waals surface area contributed by atoms with Gasteiger partial charge in [0.15, 0.2) is 6.10 Å². The number of rotatable bonds is 4. The van der Waals surface area contributed by atoms with Crippen molar-refractivity contribution in [3.63, 3.8) is 0 Å². The number of nitrogens with zero attached hydrogens (tertiary/aromatic N) is 3. The van der Waals surface area contributed by atoms with E-state index in [2.05, 4.69) is 0 Å². The summed E-state index contributed by atoms with van der Waals surface area (Å²) in [5, 5.41) is 8.71. The Labute approximate surface area is 141 Å². The molecule has 2 rings (SSSR count). The molecule has 1 unspecified atom stereocenters. The van der Waals surface area contributed by atoms with Gasteiger partial charge in [-0.3, -0.25) is 0 Å². The first-order valence-electron chi connectivity index (χ1n) is 6.82. The number of hydrogen-bond donors (Lipinski definition) is 1. The number of benzene rings is 1. The molecule has 0 bridgehead atoms. The molecule has 1 aromatic rings. The van der Waals surface area contributed by atoms with Gasteiger partial charge in [-0.25, -0.2) is 23.7 Å². The van der Waals surface area contributed by atoms with Crippen LogP contribution in [0.1, 0.15) is 6.92 Å².